The lowest BCUT2D eigenvalue weighted by Gasteiger charge is -2.14. The van der Waals surface area contributed by atoms with E-state index in [0.29, 0.717) is 34.4 Å². The summed E-state index contributed by atoms with van der Waals surface area (Å²) in [4.78, 5) is 20.2. The van der Waals surface area contributed by atoms with Gasteiger partial charge in [0.05, 0.1) is 18.4 Å². The van der Waals surface area contributed by atoms with Crippen LogP contribution in [-0.2, 0) is 4.74 Å². The highest BCUT2D eigenvalue weighted by Crippen LogP contribution is 2.28. The first-order chi connectivity index (χ1) is 10.1. The number of nitrogens with two attached hydrogens (primary N) is 1. The molecule has 2 rings (SSSR count). The predicted octanol–water partition coefficient (Wildman–Crippen LogP) is 1.94. The van der Waals surface area contributed by atoms with Crippen molar-refractivity contribution in [3.63, 3.8) is 0 Å². The van der Waals surface area contributed by atoms with E-state index in [-0.39, 0.29) is 0 Å². The third kappa shape index (κ3) is 3.02. The van der Waals surface area contributed by atoms with Crippen LogP contribution in [0.3, 0.4) is 0 Å². The molecule has 0 saturated heterocycles. The van der Waals surface area contributed by atoms with E-state index in [1.54, 1.807) is 38.2 Å². The molecule has 0 aliphatic rings. The summed E-state index contributed by atoms with van der Waals surface area (Å²) < 4.78 is 4.76. The average Bonchev–Trinajstić information content (AvgIpc) is 2.50. The number of aryl methyl sites for hydroxylation is 1. The molecule has 0 radical (unpaired) electrons. The molecule has 1 aromatic carbocycles. The van der Waals surface area contributed by atoms with Crippen molar-refractivity contribution in [3.8, 4) is 0 Å². The minimum atomic E-state index is -0.434. The Bertz CT molecular complexity index is 672. The molecule has 0 spiro atoms. The molecule has 110 valence electrons. The third-order valence-electron chi connectivity index (χ3n) is 2.88. The van der Waals surface area contributed by atoms with E-state index in [0.717, 1.165) is 0 Å². The molecule has 1 heterocycles. The van der Waals surface area contributed by atoms with E-state index in [1.165, 1.54) is 7.11 Å². The van der Waals surface area contributed by atoms with Crippen LogP contribution >= 0.6 is 0 Å². The van der Waals surface area contributed by atoms with Crippen molar-refractivity contribution in [2.75, 3.05) is 30.5 Å². The van der Waals surface area contributed by atoms with Gasteiger partial charge in [-0.15, -0.1) is 0 Å². The van der Waals surface area contributed by atoms with Gasteiger partial charge in [-0.2, -0.15) is 0 Å². The van der Waals surface area contributed by atoms with Gasteiger partial charge >= 0.3 is 5.97 Å². The summed E-state index contributed by atoms with van der Waals surface area (Å²) in [6.07, 6.45) is 0. The Kier molecular flexibility index (Phi) is 4.22. The van der Waals surface area contributed by atoms with Crippen molar-refractivity contribution in [3.05, 3.63) is 35.7 Å². The SMILES string of the molecule is CNc1nc(C)nc(Nc2ccccc2C(=O)OC)c1N. The molecule has 0 aliphatic heterocycles. The fourth-order valence-electron chi connectivity index (χ4n) is 1.87. The van der Waals surface area contributed by atoms with Gasteiger partial charge in [0.25, 0.3) is 0 Å². The molecule has 0 saturated carbocycles. The van der Waals surface area contributed by atoms with Crippen LogP contribution in [0.1, 0.15) is 16.2 Å². The van der Waals surface area contributed by atoms with Gasteiger partial charge in [-0.05, 0) is 19.1 Å². The number of hydrogen-bond donors (Lipinski definition) is 3. The van der Waals surface area contributed by atoms with Crippen molar-refractivity contribution in [1.29, 1.82) is 0 Å². The molecular weight excluding hydrogens is 270 g/mol. The van der Waals surface area contributed by atoms with E-state index in [1.807, 2.05) is 0 Å². The van der Waals surface area contributed by atoms with Gasteiger partial charge in [0, 0.05) is 7.05 Å². The molecule has 4 N–H and O–H groups in total. The number of hydrogen-bond acceptors (Lipinski definition) is 7. The Balaban J connectivity index is 2.44. The standard InChI is InChI=1S/C14H17N5O2/c1-8-17-12(16-2)11(15)13(18-8)19-10-7-5-4-6-9(10)14(20)21-3/h4-7H,15H2,1-3H3,(H2,16,17,18,19). The zero-order valence-corrected chi connectivity index (χ0v) is 12.1. The van der Waals surface area contributed by atoms with E-state index in [2.05, 4.69) is 20.6 Å². The average molecular weight is 287 g/mol. The quantitative estimate of drug-likeness (QED) is 0.738. The summed E-state index contributed by atoms with van der Waals surface area (Å²) in [6.45, 7) is 1.76. The Labute approximate surface area is 122 Å². The molecule has 0 unspecified atom stereocenters. The number of carbonyl (C=O) groups is 1. The Morgan fingerprint density at radius 3 is 2.57 bits per heavy atom. The number of para-hydroxylation sites is 1. The van der Waals surface area contributed by atoms with Gasteiger partial charge < -0.3 is 21.1 Å². The van der Waals surface area contributed by atoms with E-state index in [4.69, 9.17) is 10.5 Å². The lowest BCUT2D eigenvalue weighted by atomic mass is 10.2. The summed E-state index contributed by atoms with van der Waals surface area (Å²) in [5, 5.41) is 5.96. The molecule has 0 bridgehead atoms. The molecule has 21 heavy (non-hydrogen) atoms. The zero-order chi connectivity index (χ0) is 15.4. The van der Waals surface area contributed by atoms with Crippen molar-refractivity contribution in [1.82, 2.24) is 9.97 Å². The Hall–Kier alpha value is -2.83. The monoisotopic (exact) mass is 287 g/mol. The van der Waals surface area contributed by atoms with Crippen LogP contribution in [0.25, 0.3) is 0 Å². The first-order valence-electron chi connectivity index (χ1n) is 6.33. The van der Waals surface area contributed by atoms with Crippen LogP contribution in [0, 0.1) is 6.92 Å². The van der Waals surface area contributed by atoms with Crippen molar-refractivity contribution in [2.24, 2.45) is 0 Å². The molecule has 0 aliphatic carbocycles. The molecule has 7 nitrogen and oxygen atoms in total. The number of benzene rings is 1. The topological polar surface area (TPSA) is 102 Å². The minimum Gasteiger partial charge on any atom is -0.465 e. The highest BCUT2D eigenvalue weighted by atomic mass is 16.5. The molecular formula is C14H17N5O2. The van der Waals surface area contributed by atoms with Gasteiger partial charge in [0.2, 0.25) is 0 Å². The van der Waals surface area contributed by atoms with Crippen LogP contribution in [0.5, 0.6) is 0 Å². The lowest BCUT2D eigenvalue weighted by Crippen LogP contribution is -2.10. The number of aromatic nitrogens is 2. The van der Waals surface area contributed by atoms with E-state index in [9.17, 15) is 4.79 Å². The lowest BCUT2D eigenvalue weighted by molar-refractivity contribution is 0.0602. The second kappa shape index (κ2) is 6.08. The van der Waals surface area contributed by atoms with Gasteiger partial charge in [-0.1, -0.05) is 12.1 Å². The van der Waals surface area contributed by atoms with Gasteiger partial charge in [-0.25, -0.2) is 14.8 Å². The summed E-state index contributed by atoms with van der Waals surface area (Å²) in [6, 6.07) is 6.97. The number of carbonyl (C=O) groups excluding carboxylic acids is 1. The first-order valence-corrected chi connectivity index (χ1v) is 6.33. The van der Waals surface area contributed by atoms with Crippen LogP contribution in [0.15, 0.2) is 24.3 Å². The highest BCUT2D eigenvalue weighted by Gasteiger charge is 2.14. The number of nitrogens with zero attached hydrogens (tertiary/aromatic N) is 2. The van der Waals surface area contributed by atoms with Crippen molar-refractivity contribution >= 4 is 29.0 Å². The first kappa shape index (κ1) is 14.6. The van der Waals surface area contributed by atoms with Crippen molar-refractivity contribution in [2.45, 2.75) is 6.92 Å². The second-order valence-electron chi connectivity index (χ2n) is 4.29. The maximum absolute atomic E-state index is 11.8. The number of rotatable bonds is 4. The van der Waals surface area contributed by atoms with E-state index < -0.39 is 5.97 Å². The van der Waals surface area contributed by atoms with Crippen LogP contribution in [-0.4, -0.2) is 30.1 Å². The Morgan fingerprint density at radius 2 is 1.90 bits per heavy atom. The summed E-state index contributed by atoms with van der Waals surface area (Å²) in [7, 11) is 3.06. The van der Waals surface area contributed by atoms with Gasteiger partial charge in [0.1, 0.15) is 11.5 Å². The maximum Gasteiger partial charge on any atom is 0.339 e. The number of ether oxygens (including phenoxy) is 1. The Morgan fingerprint density at radius 1 is 1.24 bits per heavy atom. The fraction of sp³-hybridized carbons (Fsp3) is 0.214. The third-order valence-corrected chi connectivity index (χ3v) is 2.88. The smallest absolute Gasteiger partial charge is 0.339 e. The number of nitrogen functional groups attached to an aromatic ring is 1. The number of methoxy groups -OCH3 is 1. The normalized spacial score (nSPS) is 10.0. The maximum atomic E-state index is 11.8. The van der Waals surface area contributed by atoms with Crippen molar-refractivity contribution < 1.29 is 9.53 Å². The molecule has 7 heteroatoms. The van der Waals surface area contributed by atoms with Crippen LogP contribution in [0.4, 0.5) is 23.0 Å². The fourth-order valence-corrected chi connectivity index (χ4v) is 1.87. The number of esters is 1. The molecule has 1 aromatic heterocycles. The second-order valence-corrected chi connectivity index (χ2v) is 4.29. The van der Waals surface area contributed by atoms with Crippen LogP contribution in [0.2, 0.25) is 0 Å². The van der Waals surface area contributed by atoms with Gasteiger partial charge in [-0.3, -0.25) is 0 Å². The largest absolute Gasteiger partial charge is 0.465 e. The molecule has 0 fully saturated rings. The summed E-state index contributed by atoms with van der Waals surface area (Å²) >= 11 is 0. The minimum absolute atomic E-state index is 0.378. The summed E-state index contributed by atoms with van der Waals surface area (Å²) in [5.74, 6) is 1.09. The highest BCUT2D eigenvalue weighted by molar-refractivity contribution is 5.97. The number of anilines is 4. The molecule has 0 atom stereocenters. The van der Waals surface area contributed by atoms with E-state index >= 15 is 0 Å². The summed E-state index contributed by atoms with van der Waals surface area (Å²) in [5.41, 5.74) is 7.35. The molecule has 2 aromatic rings. The van der Waals surface area contributed by atoms with Crippen LogP contribution < -0.4 is 16.4 Å². The zero-order valence-electron chi connectivity index (χ0n) is 12.1. The number of nitrogens with one attached hydrogen (secondary N) is 2. The van der Waals surface area contributed by atoms with Gasteiger partial charge in [0.15, 0.2) is 11.6 Å². The molecule has 0 amide bonds. The predicted molar refractivity (Wildman–Crippen MR) is 81.8 cm³/mol.